The first-order valence-electron chi connectivity index (χ1n) is 8.40. The fraction of sp³-hybridized carbons (Fsp3) is 0.938. The lowest BCUT2D eigenvalue weighted by molar-refractivity contribution is -0.121. The highest BCUT2D eigenvalue weighted by molar-refractivity contribution is 5.78. The molecule has 0 aromatic heterocycles. The molecular weight excluding hydrogens is 252 g/mol. The van der Waals surface area contributed by atoms with Crippen LogP contribution in [0.3, 0.4) is 0 Å². The smallest absolute Gasteiger partial charge is 0.234 e. The second-order valence-electron chi connectivity index (χ2n) is 6.64. The fourth-order valence-electron chi connectivity index (χ4n) is 3.50. The molecule has 0 aromatic rings. The molecule has 2 fully saturated rings. The zero-order chi connectivity index (χ0) is 14.3. The molecule has 0 radical (unpaired) electrons. The number of amides is 1. The molecule has 0 unspecified atom stereocenters. The summed E-state index contributed by atoms with van der Waals surface area (Å²) >= 11 is 0. The third kappa shape index (κ3) is 5.41. The molecule has 20 heavy (non-hydrogen) atoms. The third-order valence-electron chi connectivity index (χ3n) is 4.74. The van der Waals surface area contributed by atoms with E-state index in [9.17, 15) is 9.90 Å². The third-order valence-corrected chi connectivity index (χ3v) is 4.74. The average Bonchev–Trinajstić information content (AvgIpc) is 2.68. The SMILES string of the molecule is O=C(CNCC1(O)CCCCC1)NC1CCCCCC1. The Hall–Kier alpha value is -0.610. The first-order chi connectivity index (χ1) is 9.68. The van der Waals surface area contributed by atoms with Gasteiger partial charge in [-0.2, -0.15) is 0 Å². The summed E-state index contributed by atoms with van der Waals surface area (Å²) in [6.45, 7) is 0.879. The topological polar surface area (TPSA) is 61.4 Å². The van der Waals surface area contributed by atoms with Crippen molar-refractivity contribution in [3.63, 3.8) is 0 Å². The summed E-state index contributed by atoms with van der Waals surface area (Å²) in [5.74, 6) is 0.0799. The molecule has 2 rings (SSSR count). The summed E-state index contributed by atoms with van der Waals surface area (Å²) in [5.41, 5.74) is -0.582. The van der Waals surface area contributed by atoms with Gasteiger partial charge in [0.15, 0.2) is 0 Å². The highest BCUT2D eigenvalue weighted by atomic mass is 16.3. The van der Waals surface area contributed by atoms with E-state index in [4.69, 9.17) is 0 Å². The lowest BCUT2D eigenvalue weighted by atomic mass is 9.85. The van der Waals surface area contributed by atoms with Crippen LogP contribution in [0.4, 0.5) is 0 Å². The van der Waals surface area contributed by atoms with E-state index in [1.54, 1.807) is 0 Å². The first-order valence-corrected chi connectivity index (χ1v) is 8.40. The van der Waals surface area contributed by atoms with Crippen LogP contribution in [0, 0.1) is 0 Å². The molecule has 0 heterocycles. The van der Waals surface area contributed by atoms with Gasteiger partial charge < -0.3 is 15.7 Å². The van der Waals surface area contributed by atoms with E-state index in [-0.39, 0.29) is 5.91 Å². The van der Waals surface area contributed by atoms with Crippen LogP contribution in [0.15, 0.2) is 0 Å². The van der Waals surface area contributed by atoms with Crippen LogP contribution in [-0.4, -0.2) is 35.7 Å². The number of hydrogen-bond acceptors (Lipinski definition) is 3. The summed E-state index contributed by atoms with van der Waals surface area (Å²) in [7, 11) is 0. The van der Waals surface area contributed by atoms with E-state index in [2.05, 4.69) is 10.6 Å². The van der Waals surface area contributed by atoms with Crippen molar-refractivity contribution in [3.8, 4) is 0 Å². The van der Waals surface area contributed by atoms with Gasteiger partial charge in [0.25, 0.3) is 0 Å². The molecule has 0 aliphatic heterocycles. The zero-order valence-corrected chi connectivity index (χ0v) is 12.6. The summed E-state index contributed by atoms with van der Waals surface area (Å²) < 4.78 is 0. The fourth-order valence-corrected chi connectivity index (χ4v) is 3.50. The number of hydrogen-bond donors (Lipinski definition) is 3. The quantitative estimate of drug-likeness (QED) is 0.677. The van der Waals surface area contributed by atoms with Gasteiger partial charge in [-0.15, -0.1) is 0 Å². The van der Waals surface area contributed by atoms with E-state index in [0.717, 1.165) is 38.5 Å². The van der Waals surface area contributed by atoms with E-state index in [0.29, 0.717) is 19.1 Å². The molecule has 2 aliphatic rings. The molecule has 4 heteroatoms. The minimum atomic E-state index is -0.582. The molecule has 3 N–H and O–H groups in total. The second-order valence-corrected chi connectivity index (χ2v) is 6.64. The van der Waals surface area contributed by atoms with Crippen molar-refractivity contribution in [2.24, 2.45) is 0 Å². The zero-order valence-electron chi connectivity index (χ0n) is 12.6. The minimum Gasteiger partial charge on any atom is -0.389 e. The van der Waals surface area contributed by atoms with Crippen molar-refractivity contribution in [2.75, 3.05) is 13.1 Å². The van der Waals surface area contributed by atoms with Crippen LogP contribution in [0.5, 0.6) is 0 Å². The minimum absolute atomic E-state index is 0.0799. The Balaban J connectivity index is 1.61. The second kappa shape index (κ2) is 7.99. The Bertz CT molecular complexity index is 293. The van der Waals surface area contributed by atoms with Gasteiger partial charge in [-0.25, -0.2) is 0 Å². The number of carbonyl (C=O) groups is 1. The maximum absolute atomic E-state index is 11.9. The molecule has 2 saturated carbocycles. The van der Waals surface area contributed by atoms with E-state index >= 15 is 0 Å². The van der Waals surface area contributed by atoms with Gasteiger partial charge in [0, 0.05) is 12.6 Å². The van der Waals surface area contributed by atoms with Crippen LogP contribution >= 0.6 is 0 Å². The summed E-state index contributed by atoms with van der Waals surface area (Å²) in [5, 5.41) is 16.6. The van der Waals surface area contributed by atoms with Crippen LogP contribution in [0.2, 0.25) is 0 Å². The van der Waals surface area contributed by atoms with Gasteiger partial charge in [0.1, 0.15) is 0 Å². The molecule has 2 aliphatic carbocycles. The average molecular weight is 282 g/mol. The van der Waals surface area contributed by atoms with Crippen LogP contribution in [0.25, 0.3) is 0 Å². The van der Waals surface area contributed by atoms with Gasteiger partial charge in [0.05, 0.1) is 12.1 Å². The Morgan fingerprint density at radius 2 is 1.60 bits per heavy atom. The maximum atomic E-state index is 11.9. The van der Waals surface area contributed by atoms with E-state index < -0.39 is 5.60 Å². The highest BCUT2D eigenvalue weighted by Crippen LogP contribution is 2.27. The number of nitrogens with one attached hydrogen (secondary N) is 2. The Kier molecular flexibility index (Phi) is 6.30. The number of aliphatic hydroxyl groups is 1. The molecule has 0 aromatic carbocycles. The van der Waals surface area contributed by atoms with E-state index in [1.807, 2.05) is 0 Å². The summed E-state index contributed by atoms with van der Waals surface area (Å²) in [6.07, 6.45) is 12.5. The van der Waals surface area contributed by atoms with Gasteiger partial charge in [0.2, 0.25) is 5.91 Å². The molecule has 116 valence electrons. The maximum Gasteiger partial charge on any atom is 0.234 e. The van der Waals surface area contributed by atoms with Crippen LogP contribution < -0.4 is 10.6 Å². The van der Waals surface area contributed by atoms with Crippen molar-refractivity contribution in [1.29, 1.82) is 0 Å². The molecule has 0 saturated heterocycles. The summed E-state index contributed by atoms with van der Waals surface area (Å²) in [4.78, 5) is 11.9. The normalized spacial score (nSPS) is 24.1. The van der Waals surface area contributed by atoms with Gasteiger partial charge >= 0.3 is 0 Å². The highest BCUT2D eigenvalue weighted by Gasteiger charge is 2.28. The Morgan fingerprint density at radius 3 is 2.25 bits per heavy atom. The molecule has 4 nitrogen and oxygen atoms in total. The number of rotatable bonds is 5. The molecular formula is C16H30N2O2. The van der Waals surface area contributed by atoms with Crippen molar-refractivity contribution in [1.82, 2.24) is 10.6 Å². The monoisotopic (exact) mass is 282 g/mol. The van der Waals surface area contributed by atoms with Gasteiger partial charge in [-0.3, -0.25) is 4.79 Å². The van der Waals surface area contributed by atoms with Crippen LogP contribution in [-0.2, 0) is 4.79 Å². The predicted molar refractivity (Wildman–Crippen MR) is 80.5 cm³/mol. The van der Waals surface area contributed by atoms with Gasteiger partial charge in [-0.05, 0) is 25.7 Å². The lowest BCUT2D eigenvalue weighted by Crippen LogP contribution is -2.46. The van der Waals surface area contributed by atoms with Crippen molar-refractivity contribution < 1.29 is 9.90 Å². The number of carbonyl (C=O) groups excluding carboxylic acids is 1. The first kappa shape index (κ1) is 15.8. The van der Waals surface area contributed by atoms with E-state index in [1.165, 1.54) is 32.1 Å². The Labute approximate surface area is 122 Å². The molecule has 1 amide bonds. The molecule has 0 spiro atoms. The summed E-state index contributed by atoms with van der Waals surface area (Å²) in [6, 6.07) is 0.365. The Morgan fingerprint density at radius 1 is 1.00 bits per heavy atom. The standard InChI is InChI=1S/C16H30N2O2/c19-15(18-14-8-4-1-2-5-9-14)12-17-13-16(20)10-6-3-7-11-16/h14,17,20H,1-13H2,(H,18,19). The lowest BCUT2D eigenvalue weighted by Gasteiger charge is -2.32. The predicted octanol–water partition coefficient (Wildman–Crippen LogP) is 2.11. The van der Waals surface area contributed by atoms with Crippen LogP contribution in [0.1, 0.15) is 70.6 Å². The van der Waals surface area contributed by atoms with Crippen molar-refractivity contribution >= 4 is 5.91 Å². The van der Waals surface area contributed by atoms with Crippen molar-refractivity contribution in [3.05, 3.63) is 0 Å². The largest absolute Gasteiger partial charge is 0.389 e. The molecule has 0 bridgehead atoms. The van der Waals surface area contributed by atoms with Crippen molar-refractivity contribution in [2.45, 2.75) is 82.3 Å². The van der Waals surface area contributed by atoms with Gasteiger partial charge in [-0.1, -0.05) is 44.9 Å². The molecule has 0 atom stereocenters.